The summed E-state index contributed by atoms with van der Waals surface area (Å²) in [4.78, 5) is 29.5. The van der Waals surface area contributed by atoms with Crippen molar-refractivity contribution in [3.63, 3.8) is 0 Å². The molecular formula is C38H29N3O3S. The van der Waals surface area contributed by atoms with Crippen molar-refractivity contribution in [3.05, 3.63) is 130 Å². The van der Waals surface area contributed by atoms with Crippen molar-refractivity contribution in [2.75, 3.05) is 16.5 Å². The Morgan fingerprint density at radius 1 is 0.867 bits per heavy atom. The summed E-state index contributed by atoms with van der Waals surface area (Å²) < 4.78 is 0. The number of hydrogen-bond acceptors (Lipinski definition) is 5. The van der Waals surface area contributed by atoms with Crippen LogP contribution in [0.15, 0.2) is 114 Å². The van der Waals surface area contributed by atoms with Crippen molar-refractivity contribution >= 4 is 52.1 Å². The second-order valence-corrected chi connectivity index (χ2v) is 13.2. The molecule has 1 aliphatic carbocycles. The summed E-state index contributed by atoms with van der Waals surface area (Å²) in [6.45, 7) is 5.55. The number of amides is 1. The number of rotatable bonds is 5. The summed E-state index contributed by atoms with van der Waals surface area (Å²) in [6, 6.07) is 35.0. The quantitative estimate of drug-likeness (QED) is 0.204. The molecule has 45 heavy (non-hydrogen) atoms. The van der Waals surface area contributed by atoms with Gasteiger partial charge in [-0.2, -0.15) is 10.1 Å². The Labute approximate surface area is 265 Å². The molecule has 8 rings (SSSR count). The molecule has 1 aromatic heterocycles. The number of hydrogen-bond donors (Lipinski definition) is 1. The maximum atomic E-state index is 13.2. The summed E-state index contributed by atoms with van der Waals surface area (Å²) >= 11 is 1.53. The zero-order chi connectivity index (χ0) is 30.9. The third-order valence-electron chi connectivity index (χ3n) is 9.13. The number of carbonyl (C=O) groups is 2. The van der Waals surface area contributed by atoms with Gasteiger partial charge in [-0.15, -0.1) is 11.3 Å². The number of thiophene rings is 1. The number of nitrogens with zero attached hydrogens (tertiary/aromatic N) is 3. The van der Waals surface area contributed by atoms with Gasteiger partial charge in [0.2, 0.25) is 0 Å². The minimum absolute atomic E-state index is 0.0411. The van der Waals surface area contributed by atoms with Crippen LogP contribution in [0.4, 0.5) is 17.1 Å². The molecule has 5 aromatic rings. The van der Waals surface area contributed by atoms with Gasteiger partial charge < -0.3 is 10.0 Å². The first-order chi connectivity index (χ1) is 21.8. The van der Waals surface area contributed by atoms with Crippen molar-refractivity contribution in [2.45, 2.75) is 25.7 Å². The first kappa shape index (κ1) is 27.3. The molecule has 0 fully saturated rings. The van der Waals surface area contributed by atoms with E-state index in [-0.39, 0.29) is 16.7 Å². The van der Waals surface area contributed by atoms with Gasteiger partial charge >= 0.3 is 5.97 Å². The van der Waals surface area contributed by atoms with Crippen LogP contribution in [0.25, 0.3) is 27.6 Å². The zero-order valence-corrected chi connectivity index (χ0v) is 25.6. The van der Waals surface area contributed by atoms with Gasteiger partial charge in [-0.25, -0.2) is 4.79 Å². The van der Waals surface area contributed by atoms with Crippen LogP contribution < -0.4 is 9.91 Å². The van der Waals surface area contributed by atoms with Gasteiger partial charge in [-0.05, 0) is 94.4 Å². The predicted octanol–water partition coefficient (Wildman–Crippen LogP) is 8.29. The fourth-order valence-electron chi connectivity index (χ4n) is 6.86. The average Bonchev–Trinajstić information content (AvgIpc) is 3.82. The SMILES string of the molecule is CC1(C)c2ccccc2-c2ccc(N3CCc4cc(-c5ccc(/C=C6\C(=O)N(c7ccccc7)N=C6C(=O)O)s5)ccc43)cc21. The maximum Gasteiger partial charge on any atom is 0.357 e. The first-order valence-corrected chi connectivity index (χ1v) is 15.8. The molecular weight excluding hydrogens is 579 g/mol. The molecule has 0 saturated carbocycles. The van der Waals surface area contributed by atoms with Crippen molar-refractivity contribution in [1.29, 1.82) is 0 Å². The number of fused-ring (bicyclic) bond motifs is 4. The third-order valence-corrected chi connectivity index (χ3v) is 10.2. The fraction of sp³-hybridized carbons (Fsp3) is 0.132. The molecule has 220 valence electrons. The lowest BCUT2D eigenvalue weighted by Gasteiger charge is -2.25. The van der Waals surface area contributed by atoms with Gasteiger partial charge in [0.15, 0.2) is 5.71 Å². The Kier molecular flexibility index (Phi) is 6.15. The molecule has 0 saturated heterocycles. The van der Waals surface area contributed by atoms with E-state index in [9.17, 15) is 14.7 Å². The summed E-state index contributed by atoms with van der Waals surface area (Å²) in [7, 11) is 0. The van der Waals surface area contributed by atoms with Gasteiger partial charge in [0.1, 0.15) is 0 Å². The highest BCUT2D eigenvalue weighted by Gasteiger charge is 2.37. The standard InChI is InChI=1S/C38H29N3O3S/c1-38(2)31-11-7-6-10-28(31)29-15-13-26(21-32(29)38)40-19-18-23-20-24(12-16-33(23)40)34-17-14-27(45-34)22-30-35(37(43)44)39-41(36(30)42)25-8-4-3-5-9-25/h3-17,20-22H,18-19H2,1-2H3,(H,43,44)/b30-22-. The minimum Gasteiger partial charge on any atom is -0.476 e. The van der Waals surface area contributed by atoms with Gasteiger partial charge in [0.25, 0.3) is 5.91 Å². The van der Waals surface area contributed by atoms with E-state index in [1.165, 1.54) is 50.5 Å². The van der Waals surface area contributed by atoms with Crippen LogP contribution in [0, 0.1) is 0 Å². The summed E-state index contributed by atoms with van der Waals surface area (Å²) in [5.41, 5.74) is 10.6. The number of aliphatic carboxylic acids is 1. The van der Waals surface area contributed by atoms with Gasteiger partial charge in [0, 0.05) is 33.1 Å². The van der Waals surface area contributed by atoms with Gasteiger partial charge in [0.05, 0.1) is 11.3 Å². The van der Waals surface area contributed by atoms with Crippen LogP contribution in [-0.4, -0.2) is 29.2 Å². The molecule has 0 atom stereocenters. The van der Waals surface area contributed by atoms with Crippen LogP contribution >= 0.6 is 11.3 Å². The van der Waals surface area contributed by atoms with E-state index in [0.717, 1.165) is 33.3 Å². The summed E-state index contributed by atoms with van der Waals surface area (Å²) in [6.07, 6.45) is 2.59. The van der Waals surface area contributed by atoms with E-state index >= 15 is 0 Å². The second-order valence-electron chi connectivity index (χ2n) is 12.1. The van der Waals surface area contributed by atoms with Crippen LogP contribution in [0.1, 0.15) is 35.4 Å². The van der Waals surface area contributed by atoms with Gasteiger partial charge in [-0.3, -0.25) is 4.79 Å². The van der Waals surface area contributed by atoms with Crippen LogP contribution in [0.5, 0.6) is 0 Å². The lowest BCUT2D eigenvalue weighted by molar-refractivity contribution is -0.129. The molecule has 1 N–H and O–H groups in total. The molecule has 4 aromatic carbocycles. The highest BCUT2D eigenvalue weighted by Crippen LogP contribution is 2.50. The van der Waals surface area contributed by atoms with Crippen LogP contribution in [0.3, 0.4) is 0 Å². The Morgan fingerprint density at radius 3 is 2.47 bits per heavy atom. The largest absolute Gasteiger partial charge is 0.476 e. The number of hydrazone groups is 1. The molecule has 0 unspecified atom stereocenters. The monoisotopic (exact) mass is 607 g/mol. The van der Waals surface area contributed by atoms with Crippen LogP contribution in [-0.2, 0) is 21.4 Å². The Hall–Kier alpha value is -5.27. The lowest BCUT2D eigenvalue weighted by Crippen LogP contribution is -2.22. The molecule has 3 aliphatic rings. The van der Waals surface area contributed by atoms with Crippen molar-refractivity contribution < 1.29 is 14.7 Å². The third kappa shape index (κ3) is 4.34. The van der Waals surface area contributed by atoms with E-state index in [1.807, 2.05) is 18.2 Å². The predicted molar refractivity (Wildman–Crippen MR) is 181 cm³/mol. The molecule has 0 spiro atoms. The molecule has 2 aliphatic heterocycles. The second kappa shape index (κ2) is 10.1. The number of carboxylic acid groups (broad SMARTS) is 1. The Morgan fingerprint density at radius 2 is 1.64 bits per heavy atom. The highest BCUT2D eigenvalue weighted by molar-refractivity contribution is 7.16. The minimum atomic E-state index is -1.23. The summed E-state index contributed by atoms with van der Waals surface area (Å²) in [5, 5.41) is 15.1. The number of benzene rings is 4. The van der Waals surface area contributed by atoms with E-state index in [4.69, 9.17) is 0 Å². The van der Waals surface area contributed by atoms with Gasteiger partial charge in [-0.1, -0.05) is 68.4 Å². The highest BCUT2D eigenvalue weighted by atomic mass is 32.1. The van der Waals surface area contributed by atoms with Crippen molar-refractivity contribution in [1.82, 2.24) is 0 Å². The molecule has 7 heteroatoms. The summed E-state index contributed by atoms with van der Waals surface area (Å²) in [5.74, 6) is -1.69. The molecule has 0 radical (unpaired) electrons. The number of carbonyl (C=O) groups excluding carboxylic acids is 1. The fourth-order valence-corrected chi connectivity index (χ4v) is 7.81. The van der Waals surface area contributed by atoms with E-state index in [0.29, 0.717) is 5.69 Å². The molecule has 3 heterocycles. The molecule has 0 bridgehead atoms. The first-order valence-electron chi connectivity index (χ1n) is 15.0. The smallest absolute Gasteiger partial charge is 0.357 e. The number of anilines is 3. The van der Waals surface area contributed by atoms with E-state index < -0.39 is 11.9 Å². The lowest BCUT2D eigenvalue weighted by atomic mass is 9.82. The number of para-hydroxylation sites is 1. The maximum absolute atomic E-state index is 13.2. The average molecular weight is 608 g/mol. The number of carboxylic acids is 1. The molecule has 1 amide bonds. The van der Waals surface area contributed by atoms with Crippen LogP contribution in [0.2, 0.25) is 0 Å². The van der Waals surface area contributed by atoms with Crippen molar-refractivity contribution in [3.8, 4) is 21.6 Å². The Bertz CT molecular complexity index is 2110. The van der Waals surface area contributed by atoms with Crippen molar-refractivity contribution in [2.24, 2.45) is 5.10 Å². The normalized spacial score (nSPS) is 17.0. The zero-order valence-electron chi connectivity index (χ0n) is 24.8. The molecule has 6 nitrogen and oxygen atoms in total. The van der Waals surface area contributed by atoms with E-state index in [1.54, 1.807) is 30.3 Å². The topological polar surface area (TPSA) is 73.2 Å². The van der Waals surface area contributed by atoms with E-state index in [2.05, 4.69) is 84.5 Å². The Balaban J connectivity index is 1.07.